The Bertz CT molecular complexity index is 456. The van der Waals surface area contributed by atoms with Gasteiger partial charge in [-0.1, -0.05) is 56.7 Å². The van der Waals surface area contributed by atoms with Crippen molar-refractivity contribution in [3.8, 4) is 0 Å². The average Bonchev–Trinajstić information content (AvgIpc) is 2.53. The van der Waals surface area contributed by atoms with E-state index >= 15 is 0 Å². The lowest BCUT2D eigenvalue weighted by Crippen LogP contribution is -2.36. The minimum absolute atomic E-state index is 0.154. The molecule has 2 heteroatoms. The van der Waals surface area contributed by atoms with Crippen LogP contribution in [0.15, 0.2) is 54.7 Å². The van der Waals surface area contributed by atoms with Gasteiger partial charge in [-0.25, -0.2) is 0 Å². The quantitative estimate of drug-likeness (QED) is 0.849. The van der Waals surface area contributed by atoms with E-state index in [1.165, 1.54) is 12.0 Å². The highest BCUT2D eigenvalue weighted by molar-refractivity contribution is 5.27. The molecule has 1 aromatic heterocycles. The molecule has 0 fully saturated rings. The molecule has 0 saturated heterocycles. The van der Waals surface area contributed by atoms with Gasteiger partial charge < -0.3 is 5.32 Å². The first kappa shape index (κ1) is 14.7. The van der Waals surface area contributed by atoms with Crippen molar-refractivity contribution in [3.63, 3.8) is 0 Å². The van der Waals surface area contributed by atoms with Crippen molar-refractivity contribution in [1.29, 1.82) is 0 Å². The third kappa shape index (κ3) is 3.67. The first-order valence-corrected chi connectivity index (χ1v) is 7.44. The maximum atomic E-state index is 4.53. The SMILES string of the molecule is CCC(C)C(C)NC(c1ccccc1)c1ccccn1. The van der Waals surface area contributed by atoms with Gasteiger partial charge in [0, 0.05) is 12.2 Å². The predicted octanol–water partition coefficient (Wildman–Crippen LogP) is 4.20. The van der Waals surface area contributed by atoms with Gasteiger partial charge in [0.05, 0.1) is 11.7 Å². The van der Waals surface area contributed by atoms with E-state index in [1.807, 2.05) is 18.3 Å². The predicted molar refractivity (Wildman–Crippen MR) is 84.6 cm³/mol. The summed E-state index contributed by atoms with van der Waals surface area (Å²) in [4.78, 5) is 4.53. The highest BCUT2D eigenvalue weighted by atomic mass is 15.0. The number of aromatic nitrogens is 1. The van der Waals surface area contributed by atoms with Crippen LogP contribution in [-0.4, -0.2) is 11.0 Å². The van der Waals surface area contributed by atoms with Gasteiger partial charge in [0.15, 0.2) is 0 Å². The first-order valence-electron chi connectivity index (χ1n) is 7.44. The molecule has 0 aliphatic carbocycles. The Labute approximate surface area is 122 Å². The summed E-state index contributed by atoms with van der Waals surface area (Å²) < 4.78 is 0. The van der Waals surface area contributed by atoms with Gasteiger partial charge in [-0.15, -0.1) is 0 Å². The van der Waals surface area contributed by atoms with Crippen LogP contribution in [0.2, 0.25) is 0 Å². The van der Waals surface area contributed by atoms with Gasteiger partial charge >= 0.3 is 0 Å². The van der Waals surface area contributed by atoms with E-state index < -0.39 is 0 Å². The molecule has 0 aliphatic rings. The van der Waals surface area contributed by atoms with E-state index in [-0.39, 0.29) is 6.04 Å². The molecule has 20 heavy (non-hydrogen) atoms. The molecular weight excluding hydrogens is 244 g/mol. The molecule has 3 atom stereocenters. The molecule has 106 valence electrons. The smallest absolute Gasteiger partial charge is 0.0753 e. The first-order chi connectivity index (χ1) is 9.72. The van der Waals surface area contributed by atoms with Crippen molar-refractivity contribution in [3.05, 3.63) is 66.0 Å². The molecule has 3 unspecified atom stereocenters. The fourth-order valence-electron chi connectivity index (χ4n) is 2.33. The molecule has 2 aromatic rings. The number of benzene rings is 1. The van der Waals surface area contributed by atoms with E-state index in [9.17, 15) is 0 Å². The summed E-state index contributed by atoms with van der Waals surface area (Å²) in [5.74, 6) is 0.643. The van der Waals surface area contributed by atoms with Gasteiger partial charge in [-0.05, 0) is 30.5 Å². The Hall–Kier alpha value is -1.67. The van der Waals surface area contributed by atoms with Crippen molar-refractivity contribution in [1.82, 2.24) is 10.3 Å². The second-order valence-corrected chi connectivity index (χ2v) is 5.44. The van der Waals surface area contributed by atoms with Gasteiger partial charge in [-0.3, -0.25) is 4.98 Å². The molecule has 0 aliphatic heterocycles. The number of nitrogens with zero attached hydrogens (tertiary/aromatic N) is 1. The molecular formula is C18H24N2. The lowest BCUT2D eigenvalue weighted by atomic mass is 9.96. The fourth-order valence-corrected chi connectivity index (χ4v) is 2.33. The summed E-state index contributed by atoms with van der Waals surface area (Å²) in [5, 5.41) is 3.74. The van der Waals surface area contributed by atoms with Crippen LogP contribution in [0, 0.1) is 5.92 Å². The van der Waals surface area contributed by atoms with Gasteiger partial charge in [0.1, 0.15) is 0 Å². The molecule has 1 N–H and O–H groups in total. The Morgan fingerprint density at radius 2 is 1.70 bits per heavy atom. The molecule has 2 rings (SSSR count). The van der Waals surface area contributed by atoms with Crippen molar-refractivity contribution in [2.45, 2.75) is 39.3 Å². The van der Waals surface area contributed by atoms with Crippen LogP contribution in [-0.2, 0) is 0 Å². The Balaban J connectivity index is 2.26. The second-order valence-electron chi connectivity index (χ2n) is 5.44. The second kappa shape index (κ2) is 7.20. The van der Waals surface area contributed by atoms with Crippen LogP contribution >= 0.6 is 0 Å². The van der Waals surface area contributed by atoms with E-state index in [0.29, 0.717) is 12.0 Å². The highest BCUT2D eigenvalue weighted by Crippen LogP contribution is 2.22. The number of nitrogens with one attached hydrogen (secondary N) is 1. The third-order valence-corrected chi connectivity index (χ3v) is 4.04. The minimum atomic E-state index is 0.154. The maximum absolute atomic E-state index is 4.53. The summed E-state index contributed by atoms with van der Waals surface area (Å²) in [6, 6.07) is 17.3. The molecule has 1 aromatic carbocycles. The van der Waals surface area contributed by atoms with Crippen molar-refractivity contribution < 1.29 is 0 Å². The summed E-state index contributed by atoms with van der Waals surface area (Å²) in [6.07, 6.45) is 3.04. The van der Waals surface area contributed by atoms with Crippen LogP contribution in [0.1, 0.15) is 44.5 Å². The van der Waals surface area contributed by atoms with Gasteiger partial charge in [0.2, 0.25) is 0 Å². The van der Waals surface area contributed by atoms with Crippen LogP contribution in [0.4, 0.5) is 0 Å². The standard InChI is InChI=1S/C18H24N2/c1-4-14(2)15(3)20-18(16-10-6-5-7-11-16)17-12-8-9-13-19-17/h5-15,18,20H,4H2,1-3H3. The van der Waals surface area contributed by atoms with Crippen molar-refractivity contribution in [2.75, 3.05) is 0 Å². The Morgan fingerprint density at radius 3 is 2.30 bits per heavy atom. The maximum Gasteiger partial charge on any atom is 0.0753 e. The van der Waals surface area contributed by atoms with E-state index in [0.717, 1.165) is 5.69 Å². The molecule has 0 radical (unpaired) electrons. The molecule has 1 heterocycles. The Kier molecular flexibility index (Phi) is 5.31. The van der Waals surface area contributed by atoms with Crippen LogP contribution in [0.25, 0.3) is 0 Å². The average molecular weight is 268 g/mol. The highest BCUT2D eigenvalue weighted by Gasteiger charge is 2.19. The van der Waals surface area contributed by atoms with Crippen LogP contribution < -0.4 is 5.32 Å². The zero-order chi connectivity index (χ0) is 14.4. The third-order valence-electron chi connectivity index (χ3n) is 4.04. The van der Waals surface area contributed by atoms with E-state index in [2.05, 4.69) is 67.5 Å². The van der Waals surface area contributed by atoms with Crippen molar-refractivity contribution in [2.24, 2.45) is 5.92 Å². The number of rotatable bonds is 6. The fraction of sp³-hybridized carbons (Fsp3) is 0.389. The topological polar surface area (TPSA) is 24.9 Å². The zero-order valence-electron chi connectivity index (χ0n) is 12.6. The lowest BCUT2D eigenvalue weighted by molar-refractivity contribution is 0.366. The summed E-state index contributed by atoms with van der Waals surface area (Å²) in [7, 11) is 0. The van der Waals surface area contributed by atoms with Gasteiger partial charge in [-0.2, -0.15) is 0 Å². The Morgan fingerprint density at radius 1 is 1.00 bits per heavy atom. The van der Waals surface area contributed by atoms with Crippen LogP contribution in [0.3, 0.4) is 0 Å². The summed E-state index contributed by atoms with van der Waals surface area (Å²) >= 11 is 0. The van der Waals surface area contributed by atoms with Crippen LogP contribution in [0.5, 0.6) is 0 Å². The van der Waals surface area contributed by atoms with Crippen molar-refractivity contribution >= 4 is 0 Å². The number of hydrogen-bond donors (Lipinski definition) is 1. The zero-order valence-corrected chi connectivity index (χ0v) is 12.6. The molecule has 0 amide bonds. The summed E-state index contributed by atoms with van der Waals surface area (Å²) in [6.45, 7) is 6.78. The lowest BCUT2D eigenvalue weighted by Gasteiger charge is -2.27. The van der Waals surface area contributed by atoms with Gasteiger partial charge in [0.25, 0.3) is 0 Å². The minimum Gasteiger partial charge on any atom is -0.302 e. The van der Waals surface area contributed by atoms with E-state index in [4.69, 9.17) is 0 Å². The molecule has 0 spiro atoms. The molecule has 0 saturated carbocycles. The molecule has 2 nitrogen and oxygen atoms in total. The summed E-state index contributed by atoms with van der Waals surface area (Å²) in [5.41, 5.74) is 2.34. The van der Waals surface area contributed by atoms with E-state index in [1.54, 1.807) is 0 Å². The molecule has 0 bridgehead atoms. The number of hydrogen-bond acceptors (Lipinski definition) is 2. The monoisotopic (exact) mass is 268 g/mol. The largest absolute Gasteiger partial charge is 0.302 e. The normalized spacial score (nSPS) is 15.6. The number of pyridine rings is 1.